The maximum Gasteiger partial charge on any atom is 0.191 e. The van der Waals surface area contributed by atoms with E-state index in [1.165, 1.54) is 17.2 Å². The molecule has 2 N–H and O–H groups in total. The second-order valence-electron chi connectivity index (χ2n) is 7.35. The maximum atomic E-state index is 13.8. The average molecular weight is 525 g/mol. The summed E-state index contributed by atoms with van der Waals surface area (Å²) in [5.41, 5.74) is 3.23. The van der Waals surface area contributed by atoms with Crippen LogP contribution in [0, 0.1) is 5.82 Å². The molecule has 0 atom stereocenters. The van der Waals surface area contributed by atoms with Crippen LogP contribution in [0.5, 0.6) is 0 Å². The van der Waals surface area contributed by atoms with Gasteiger partial charge >= 0.3 is 0 Å². The van der Waals surface area contributed by atoms with Crippen LogP contribution in [-0.2, 0) is 19.6 Å². The lowest BCUT2D eigenvalue weighted by molar-refractivity contribution is 0.131. The fraction of sp³-hybridized carbons (Fsp3) is 0.435. The molecule has 1 aliphatic heterocycles. The van der Waals surface area contributed by atoms with Crippen molar-refractivity contribution in [1.82, 2.24) is 20.4 Å². The summed E-state index contributed by atoms with van der Waals surface area (Å²) in [5, 5.41) is 6.55. The van der Waals surface area contributed by atoms with Gasteiger partial charge in [0.25, 0.3) is 0 Å². The monoisotopic (exact) mass is 525 g/mol. The van der Waals surface area contributed by atoms with E-state index in [0.29, 0.717) is 24.6 Å². The Bertz CT molecular complexity index is 806. The van der Waals surface area contributed by atoms with Gasteiger partial charge in [-0.15, -0.1) is 24.0 Å². The normalized spacial score (nSPS) is 15.5. The zero-order valence-corrected chi connectivity index (χ0v) is 20.2. The molecule has 0 spiro atoms. The summed E-state index contributed by atoms with van der Waals surface area (Å²) in [5.74, 6) is 0.462. The van der Waals surface area contributed by atoms with Gasteiger partial charge in [0.1, 0.15) is 5.82 Å². The Hall–Kier alpha value is -1.71. The molecule has 1 fully saturated rings. The summed E-state index contributed by atoms with van der Waals surface area (Å²) in [7, 11) is 1.73. The highest BCUT2D eigenvalue weighted by atomic mass is 127. The van der Waals surface area contributed by atoms with E-state index in [9.17, 15) is 4.39 Å². The number of halogens is 2. The summed E-state index contributed by atoms with van der Waals surface area (Å²) in [6.07, 6.45) is 0. The van der Waals surface area contributed by atoms with E-state index >= 15 is 0 Å². The van der Waals surface area contributed by atoms with E-state index in [2.05, 4.69) is 56.6 Å². The molecule has 0 amide bonds. The predicted octanol–water partition coefficient (Wildman–Crippen LogP) is 3.45. The molecule has 7 heteroatoms. The van der Waals surface area contributed by atoms with E-state index in [-0.39, 0.29) is 29.8 Å². The second-order valence-corrected chi connectivity index (χ2v) is 7.35. The molecule has 2 aromatic carbocycles. The number of hydrogen-bond donors (Lipinski definition) is 2. The molecule has 1 saturated heterocycles. The Morgan fingerprint density at radius 2 is 1.40 bits per heavy atom. The van der Waals surface area contributed by atoms with Crippen LogP contribution in [0.1, 0.15) is 23.6 Å². The van der Waals surface area contributed by atoms with Crippen LogP contribution in [0.2, 0.25) is 0 Å². The predicted molar refractivity (Wildman–Crippen MR) is 133 cm³/mol. The molecule has 0 aromatic heterocycles. The standard InChI is InChI=1S/C23H32FN5.HI/c1-3-28-12-14-29(15-13-28)18-21-10-5-4-8-19(21)16-26-23(25-2)27-17-20-9-6-7-11-22(20)24;/h4-11H,3,12-18H2,1-2H3,(H2,25,26,27);1H. The first-order valence-electron chi connectivity index (χ1n) is 10.4. The summed E-state index contributed by atoms with van der Waals surface area (Å²) in [4.78, 5) is 9.29. The van der Waals surface area contributed by atoms with Crippen LogP contribution in [-0.4, -0.2) is 55.5 Å². The largest absolute Gasteiger partial charge is 0.352 e. The van der Waals surface area contributed by atoms with Crippen molar-refractivity contribution in [2.45, 2.75) is 26.6 Å². The van der Waals surface area contributed by atoms with Gasteiger partial charge in [0, 0.05) is 58.4 Å². The van der Waals surface area contributed by atoms with Crippen molar-refractivity contribution in [1.29, 1.82) is 0 Å². The average Bonchev–Trinajstić information content (AvgIpc) is 2.76. The number of nitrogens with one attached hydrogen (secondary N) is 2. The fourth-order valence-corrected chi connectivity index (χ4v) is 3.61. The van der Waals surface area contributed by atoms with E-state index < -0.39 is 0 Å². The minimum absolute atomic E-state index is 0. The number of nitrogens with zero attached hydrogens (tertiary/aromatic N) is 3. The number of aliphatic imine (C=N–C) groups is 1. The summed E-state index contributed by atoms with van der Waals surface area (Å²) < 4.78 is 13.8. The Morgan fingerprint density at radius 3 is 2.00 bits per heavy atom. The highest BCUT2D eigenvalue weighted by Gasteiger charge is 2.16. The minimum atomic E-state index is -0.205. The van der Waals surface area contributed by atoms with Crippen LogP contribution >= 0.6 is 24.0 Å². The maximum absolute atomic E-state index is 13.8. The summed E-state index contributed by atoms with van der Waals surface area (Å²) in [6, 6.07) is 15.3. The van der Waals surface area contributed by atoms with Crippen LogP contribution in [0.3, 0.4) is 0 Å². The lowest BCUT2D eigenvalue weighted by atomic mass is 10.1. The van der Waals surface area contributed by atoms with Gasteiger partial charge in [-0.1, -0.05) is 49.4 Å². The molecule has 0 aliphatic carbocycles. The summed E-state index contributed by atoms with van der Waals surface area (Å²) in [6.45, 7) is 9.92. The minimum Gasteiger partial charge on any atom is -0.352 e. The molecule has 30 heavy (non-hydrogen) atoms. The molecule has 5 nitrogen and oxygen atoms in total. The zero-order chi connectivity index (χ0) is 20.5. The molecule has 3 rings (SSSR count). The molecule has 164 valence electrons. The molecule has 0 unspecified atom stereocenters. The third-order valence-electron chi connectivity index (χ3n) is 5.50. The molecule has 0 bridgehead atoms. The molecule has 1 aliphatic rings. The first kappa shape index (κ1) is 24.6. The van der Waals surface area contributed by atoms with Gasteiger partial charge in [0.2, 0.25) is 0 Å². The molecule has 2 aromatic rings. The molecular weight excluding hydrogens is 492 g/mol. The van der Waals surface area contributed by atoms with Crippen LogP contribution in [0.15, 0.2) is 53.5 Å². The number of guanidine groups is 1. The van der Waals surface area contributed by atoms with Crippen LogP contribution < -0.4 is 10.6 Å². The van der Waals surface area contributed by atoms with Crippen LogP contribution in [0.4, 0.5) is 4.39 Å². The number of benzene rings is 2. The second kappa shape index (κ2) is 12.9. The van der Waals surface area contributed by atoms with Gasteiger partial charge in [-0.2, -0.15) is 0 Å². The van der Waals surface area contributed by atoms with Crippen molar-refractivity contribution in [2.75, 3.05) is 39.8 Å². The quantitative estimate of drug-likeness (QED) is 0.330. The zero-order valence-electron chi connectivity index (χ0n) is 17.9. The van der Waals surface area contributed by atoms with E-state index in [1.54, 1.807) is 19.2 Å². The molecule has 0 radical (unpaired) electrons. The van der Waals surface area contributed by atoms with Gasteiger partial charge in [-0.25, -0.2) is 4.39 Å². The van der Waals surface area contributed by atoms with E-state index in [1.807, 2.05) is 6.07 Å². The Balaban J connectivity index is 0.00000320. The van der Waals surface area contributed by atoms with E-state index in [4.69, 9.17) is 0 Å². The van der Waals surface area contributed by atoms with Gasteiger partial charge < -0.3 is 15.5 Å². The first-order chi connectivity index (χ1) is 14.2. The van der Waals surface area contributed by atoms with Crippen molar-refractivity contribution in [3.8, 4) is 0 Å². The third-order valence-corrected chi connectivity index (χ3v) is 5.50. The Morgan fingerprint density at radius 1 is 0.867 bits per heavy atom. The van der Waals surface area contributed by atoms with Gasteiger partial charge in [0.15, 0.2) is 5.96 Å². The topological polar surface area (TPSA) is 42.9 Å². The van der Waals surface area contributed by atoms with Crippen molar-refractivity contribution < 1.29 is 4.39 Å². The van der Waals surface area contributed by atoms with Gasteiger partial charge in [-0.05, 0) is 23.7 Å². The smallest absolute Gasteiger partial charge is 0.191 e. The van der Waals surface area contributed by atoms with Crippen molar-refractivity contribution in [3.05, 3.63) is 71.0 Å². The summed E-state index contributed by atoms with van der Waals surface area (Å²) >= 11 is 0. The number of piperazine rings is 1. The van der Waals surface area contributed by atoms with Crippen molar-refractivity contribution in [3.63, 3.8) is 0 Å². The number of hydrogen-bond acceptors (Lipinski definition) is 3. The lowest BCUT2D eigenvalue weighted by Gasteiger charge is -2.34. The molecule has 0 saturated carbocycles. The number of likely N-dealkylation sites (N-methyl/N-ethyl adjacent to an activating group) is 1. The molecule has 1 heterocycles. The first-order valence-corrected chi connectivity index (χ1v) is 10.4. The molecular formula is C23H33FIN5. The highest BCUT2D eigenvalue weighted by Crippen LogP contribution is 2.13. The highest BCUT2D eigenvalue weighted by molar-refractivity contribution is 14.0. The van der Waals surface area contributed by atoms with Crippen molar-refractivity contribution >= 4 is 29.9 Å². The van der Waals surface area contributed by atoms with E-state index in [0.717, 1.165) is 39.3 Å². The Kier molecular flexibility index (Phi) is 10.5. The lowest BCUT2D eigenvalue weighted by Crippen LogP contribution is -2.45. The fourth-order valence-electron chi connectivity index (χ4n) is 3.61. The third kappa shape index (κ3) is 7.21. The number of rotatable bonds is 7. The Labute approximate surface area is 196 Å². The van der Waals surface area contributed by atoms with Crippen molar-refractivity contribution in [2.24, 2.45) is 4.99 Å². The van der Waals surface area contributed by atoms with Gasteiger partial charge in [-0.3, -0.25) is 9.89 Å². The SMILES string of the molecule is CCN1CCN(Cc2ccccc2CNC(=NC)NCc2ccccc2F)CC1.I. The van der Waals surface area contributed by atoms with Gasteiger partial charge in [0.05, 0.1) is 0 Å². The van der Waals surface area contributed by atoms with Crippen LogP contribution in [0.25, 0.3) is 0 Å².